The largest absolute Gasteiger partial charge is 0.493 e. The Hall–Kier alpha value is -3.35. The number of carbonyl (C=O) groups excluding carboxylic acids is 1. The maximum atomic E-state index is 13.9. The number of ether oxygens (including phenoxy) is 3. The molecule has 6 rings (SSSR count). The highest BCUT2D eigenvalue weighted by Crippen LogP contribution is 2.52. The van der Waals surface area contributed by atoms with Crippen molar-refractivity contribution in [2.45, 2.75) is 43.8 Å². The van der Waals surface area contributed by atoms with E-state index in [2.05, 4.69) is 14.1 Å². The van der Waals surface area contributed by atoms with Gasteiger partial charge in [-0.1, -0.05) is 61.0 Å². The van der Waals surface area contributed by atoms with Crippen LogP contribution in [-0.2, 0) is 15.1 Å². The van der Waals surface area contributed by atoms with E-state index in [-0.39, 0.29) is 6.10 Å². The number of quaternary nitrogens is 1. The van der Waals surface area contributed by atoms with Gasteiger partial charge in [0.15, 0.2) is 0 Å². The minimum atomic E-state index is -1.89. The van der Waals surface area contributed by atoms with E-state index in [1.54, 1.807) is 24.3 Å². The van der Waals surface area contributed by atoms with E-state index in [1.807, 2.05) is 54.6 Å². The lowest BCUT2D eigenvalue weighted by atomic mass is 9.58. The minimum absolute atomic E-state index is 0.171. The maximum Gasteiger partial charge on any atom is 0.348 e. The fourth-order valence-corrected chi connectivity index (χ4v) is 7.23. The average molecular weight is 543 g/mol. The van der Waals surface area contributed by atoms with Gasteiger partial charge in [0.1, 0.15) is 23.4 Å². The van der Waals surface area contributed by atoms with Crippen molar-refractivity contribution < 1.29 is 28.6 Å². The van der Waals surface area contributed by atoms with Crippen LogP contribution in [0.4, 0.5) is 0 Å². The van der Waals surface area contributed by atoms with Crippen LogP contribution in [-0.4, -0.2) is 55.5 Å². The van der Waals surface area contributed by atoms with Crippen molar-refractivity contribution in [3.63, 3.8) is 0 Å². The van der Waals surface area contributed by atoms with Crippen molar-refractivity contribution >= 4 is 5.97 Å². The van der Waals surface area contributed by atoms with Crippen molar-refractivity contribution in [3.05, 3.63) is 90.0 Å². The molecule has 3 aromatic rings. The van der Waals surface area contributed by atoms with Gasteiger partial charge in [-0.25, -0.2) is 4.79 Å². The van der Waals surface area contributed by atoms with Crippen LogP contribution in [0.1, 0.15) is 43.2 Å². The third-order valence-electron chi connectivity index (χ3n) is 9.18. The first-order chi connectivity index (χ1) is 19.3. The Morgan fingerprint density at radius 3 is 2.30 bits per heavy atom. The number of rotatable bonds is 9. The molecule has 4 unspecified atom stereocenters. The third-order valence-corrected chi connectivity index (χ3v) is 9.18. The zero-order valence-corrected chi connectivity index (χ0v) is 23.5. The molecule has 6 nitrogen and oxygen atoms in total. The molecule has 0 bridgehead atoms. The van der Waals surface area contributed by atoms with Gasteiger partial charge in [-0.05, 0) is 49.4 Å². The van der Waals surface area contributed by atoms with Gasteiger partial charge in [0.05, 0.1) is 33.8 Å². The van der Waals surface area contributed by atoms with E-state index in [9.17, 15) is 9.90 Å². The van der Waals surface area contributed by atoms with E-state index in [4.69, 9.17) is 14.2 Å². The molecule has 1 aliphatic heterocycles. The summed E-state index contributed by atoms with van der Waals surface area (Å²) in [7, 11) is 4.59. The van der Waals surface area contributed by atoms with Crippen LogP contribution in [0.25, 0.3) is 0 Å². The van der Waals surface area contributed by atoms with E-state index in [1.165, 1.54) is 12.8 Å². The van der Waals surface area contributed by atoms with Crippen LogP contribution in [0, 0.1) is 17.8 Å². The summed E-state index contributed by atoms with van der Waals surface area (Å²) in [5.74, 6) is 2.69. The molecule has 1 N–H and O–H groups in total. The van der Waals surface area contributed by atoms with Crippen LogP contribution >= 0.6 is 0 Å². The second kappa shape index (κ2) is 10.9. The second-order valence-corrected chi connectivity index (χ2v) is 12.4. The van der Waals surface area contributed by atoms with E-state index in [0.717, 1.165) is 42.6 Å². The third kappa shape index (κ3) is 5.11. The van der Waals surface area contributed by atoms with Crippen LogP contribution in [0.5, 0.6) is 17.2 Å². The molecule has 3 aliphatic rings. The number of para-hydroxylation sites is 3. The van der Waals surface area contributed by atoms with Crippen molar-refractivity contribution in [3.8, 4) is 17.2 Å². The molecule has 4 atom stereocenters. The molecule has 2 aliphatic carbocycles. The smallest absolute Gasteiger partial charge is 0.348 e. The lowest BCUT2D eigenvalue weighted by Gasteiger charge is -2.52. The Balaban J connectivity index is 1.12. The van der Waals surface area contributed by atoms with Crippen molar-refractivity contribution in [2.24, 2.45) is 17.8 Å². The maximum absolute atomic E-state index is 13.9. The molecule has 0 aromatic heterocycles. The standard InChI is InChI=1S/C34H40NO5/c1-35(2,20-11-21-38-26-14-4-3-5-15-26)23-25-13-10-12-24-22-31(32(24)25)40-33(36)34(37)27-16-6-8-18-29(27)39-30-19-9-7-17-28(30)34/h3-9,14-19,24-25,31-32,37H,10-13,20-23H2,1-2H3/q+1. The topological polar surface area (TPSA) is 65.0 Å². The normalized spacial score (nSPS) is 24.4. The Morgan fingerprint density at radius 2 is 1.60 bits per heavy atom. The van der Waals surface area contributed by atoms with E-state index in [0.29, 0.717) is 47.0 Å². The lowest BCUT2D eigenvalue weighted by Crippen LogP contribution is -2.56. The number of fused-ring (bicyclic) bond motifs is 3. The van der Waals surface area contributed by atoms with Gasteiger partial charge in [0.2, 0.25) is 5.60 Å². The van der Waals surface area contributed by atoms with Gasteiger partial charge >= 0.3 is 5.97 Å². The predicted molar refractivity (Wildman–Crippen MR) is 153 cm³/mol. The summed E-state index contributed by atoms with van der Waals surface area (Å²) in [4.78, 5) is 13.9. The van der Waals surface area contributed by atoms with Gasteiger partial charge < -0.3 is 23.8 Å². The SMILES string of the molecule is C[N+](C)(CCCOc1ccccc1)CC1CCCC2CC(OC(=O)C3(O)c4ccccc4Oc4ccccc43)C21. The molecule has 6 heteroatoms. The number of hydrogen-bond donors (Lipinski definition) is 1. The van der Waals surface area contributed by atoms with Crippen molar-refractivity contribution in [2.75, 3.05) is 33.8 Å². The predicted octanol–water partition coefficient (Wildman–Crippen LogP) is 5.92. The van der Waals surface area contributed by atoms with Gasteiger partial charge in [-0.3, -0.25) is 0 Å². The zero-order valence-electron chi connectivity index (χ0n) is 23.5. The van der Waals surface area contributed by atoms with E-state index >= 15 is 0 Å². The monoisotopic (exact) mass is 542 g/mol. The van der Waals surface area contributed by atoms with Crippen LogP contribution in [0.15, 0.2) is 78.9 Å². The Kier molecular flexibility index (Phi) is 7.32. The van der Waals surface area contributed by atoms with Crippen molar-refractivity contribution in [1.82, 2.24) is 0 Å². The molecular weight excluding hydrogens is 502 g/mol. The molecule has 2 fully saturated rings. The molecule has 0 amide bonds. The second-order valence-electron chi connectivity index (χ2n) is 12.4. The Morgan fingerprint density at radius 1 is 0.950 bits per heavy atom. The highest BCUT2D eigenvalue weighted by atomic mass is 16.6. The number of nitrogens with zero attached hydrogens (tertiary/aromatic N) is 1. The Bertz CT molecular complexity index is 1290. The number of aliphatic hydroxyl groups is 1. The van der Waals surface area contributed by atoms with Crippen LogP contribution in [0.3, 0.4) is 0 Å². The minimum Gasteiger partial charge on any atom is -0.493 e. The van der Waals surface area contributed by atoms with Gasteiger partial charge in [-0.2, -0.15) is 0 Å². The fraction of sp³-hybridized carbons (Fsp3) is 0.441. The highest BCUT2D eigenvalue weighted by Gasteiger charge is 2.54. The van der Waals surface area contributed by atoms with Gasteiger partial charge in [0.25, 0.3) is 0 Å². The number of esters is 1. The van der Waals surface area contributed by atoms with Crippen LogP contribution < -0.4 is 9.47 Å². The molecule has 3 aromatic carbocycles. The van der Waals surface area contributed by atoms with Crippen LogP contribution in [0.2, 0.25) is 0 Å². The summed E-state index contributed by atoms with van der Waals surface area (Å²) in [6.45, 7) is 2.77. The molecular formula is C34H40NO5+. The molecule has 0 saturated heterocycles. The number of benzene rings is 3. The first-order valence-electron chi connectivity index (χ1n) is 14.7. The molecule has 210 valence electrons. The fourth-order valence-electron chi connectivity index (χ4n) is 7.23. The van der Waals surface area contributed by atoms with Gasteiger partial charge in [0, 0.05) is 29.4 Å². The number of carbonyl (C=O) groups is 1. The molecule has 0 radical (unpaired) electrons. The highest BCUT2D eigenvalue weighted by molar-refractivity contribution is 5.88. The molecule has 40 heavy (non-hydrogen) atoms. The van der Waals surface area contributed by atoms with Gasteiger partial charge in [-0.15, -0.1) is 0 Å². The summed E-state index contributed by atoms with van der Waals surface area (Å²) < 4.78 is 19.1. The molecule has 2 saturated carbocycles. The first kappa shape index (κ1) is 26.9. The van der Waals surface area contributed by atoms with Crippen molar-refractivity contribution in [1.29, 1.82) is 0 Å². The molecule has 1 heterocycles. The summed E-state index contributed by atoms with van der Waals surface area (Å²) in [6.07, 6.45) is 5.26. The summed E-state index contributed by atoms with van der Waals surface area (Å²) >= 11 is 0. The summed E-state index contributed by atoms with van der Waals surface area (Å²) in [5.41, 5.74) is -1.02. The van der Waals surface area contributed by atoms with E-state index < -0.39 is 11.6 Å². The lowest BCUT2D eigenvalue weighted by molar-refractivity contribution is -0.894. The quantitative estimate of drug-likeness (QED) is 0.207. The first-order valence-corrected chi connectivity index (χ1v) is 14.7. The average Bonchev–Trinajstić information content (AvgIpc) is 2.94. The zero-order chi connectivity index (χ0) is 27.7. The molecule has 0 spiro atoms. The number of hydrogen-bond acceptors (Lipinski definition) is 5. The summed E-state index contributed by atoms with van der Waals surface area (Å²) in [6, 6.07) is 24.4. The Labute approximate surface area is 237 Å². The summed E-state index contributed by atoms with van der Waals surface area (Å²) in [5, 5.41) is 12.0.